The van der Waals surface area contributed by atoms with Crippen LogP contribution in [0.1, 0.15) is 4.88 Å². The Balaban J connectivity index is 1.49. The van der Waals surface area contributed by atoms with Crippen LogP contribution in [0.15, 0.2) is 47.9 Å². The molecular formula is C16H15NO3S. The smallest absolute Gasteiger partial charge is 0.244 e. The van der Waals surface area contributed by atoms with E-state index in [-0.39, 0.29) is 12.0 Å². The van der Waals surface area contributed by atoms with Gasteiger partial charge in [0.25, 0.3) is 0 Å². The average molecular weight is 301 g/mol. The van der Waals surface area contributed by atoms with Gasteiger partial charge in [-0.05, 0) is 29.7 Å². The quantitative estimate of drug-likeness (QED) is 0.883. The lowest BCUT2D eigenvalue weighted by molar-refractivity contribution is -0.116. The summed E-state index contributed by atoms with van der Waals surface area (Å²) in [5.74, 6) is 1.33. The van der Waals surface area contributed by atoms with Crippen LogP contribution in [-0.4, -0.2) is 25.2 Å². The van der Waals surface area contributed by atoms with Gasteiger partial charge in [-0.15, -0.1) is 11.3 Å². The van der Waals surface area contributed by atoms with Gasteiger partial charge in [0.2, 0.25) is 5.91 Å². The van der Waals surface area contributed by atoms with Gasteiger partial charge in [-0.3, -0.25) is 4.79 Å². The predicted octanol–water partition coefficient (Wildman–Crippen LogP) is 2.72. The summed E-state index contributed by atoms with van der Waals surface area (Å²) in [4.78, 5) is 12.8. The molecule has 1 atom stereocenters. The minimum absolute atomic E-state index is 0.133. The molecule has 1 N–H and O–H groups in total. The first-order valence-corrected chi connectivity index (χ1v) is 7.57. The van der Waals surface area contributed by atoms with E-state index in [9.17, 15) is 4.79 Å². The van der Waals surface area contributed by atoms with Crippen molar-refractivity contribution in [2.24, 2.45) is 0 Å². The molecule has 1 unspecified atom stereocenters. The maximum atomic E-state index is 11.7. The van der Waals surface area contributed by atoms with Gasteiger partial charge in [0.1, 0.15) is 12.7 Å². The highest BCUT2D eigenvalue weighted by molar-refractivity contribution is 7.10. The van der Waals surface area contributed by atoms with Crippen molar-refractivity contribution in [3.05, 3.63) is 52.7 Å². The Kier molecular flexibility index (Phi) is 4.21. The number of benzene rings is 1. The summed E-state index contributed by atoms with van der Waals surface area (Å²) in [7, 11) is 0. The zero-order chi connectivity index (χ0) is 14.5. The maximum absolute atomic E-state index is 11.7. The van der Waals surface area contributed by atoms with Gasteiger partial charge in [-0.1, -0.05) is 18.2 Å². The molecule has 0 spiro atoms. The van der Waals surface area contributed by atoms with Crippen molar-refractivity contribution in [1.82, 2.24) is 5.32 Å². The van der Waals surface area contributed by atoms with E-state index in [4.69, 9.17) is 9.47 Å². The van der Waals surface area contributed by atoms with Crippen LogP contribution in [0.5, 0.6) is 11.5 Å². The molecule has 21 heavy (non-hydrogen) atoms. The molecule has 3 rings (SSSR count). The highest BCUT2D eigenvalue weighted by atomic mass is 32.1. The molecule has 4 nitrogen and oxygen atoms in total. The number of para-hydroxylation sites is 2. The molecule has 0 fully saturated rings. The summed E-state index contributed by atoms with van der Waals surface area (Å²) in [6.45, 7) is 0.855. The van der Waals surface area contributed by atoms with E-state index in [1.165, 1.54) is 6.08 Å². The monoisotopic (exact) mass is 301 g/mol. The van der Waals surface area contributed by atoms with E-state index >= 15 is 0 Å². The fraction of sp³-hybridized carbons (Fsp3) is 0.188. The molecule has 0 saturated heterocycles. The molecule has 0 radical (unpaired) electrons. The largest absolute Gasteiger partial charge is 0.486 e. The Morgan fingerprint density at radius 2 is 2.14 bits per heavy atom. The predicted molar refractivity (Wildman–Crippen MR) is 82.7 cm³/mol. The summed E-state index contributed by atoms with van der Waals surface area (Å²) in [6.07, 6.45) is 3.16. The Labute approximate surface area is 127 Å². The zero-order valence-corrected chi connectivity index (χ0v) is 12.1. The molecule has 0 aliphatic carbocycles. The molecule has 108 valence electrons. The fourth-order valence-corrected chi connectivity index (χ4v) is 2.60. The van der Waals surface area contributed by atoms with Crippen LogP contribution in [0.4, 0.5) is 0 Å². The first kappa shape index (κ1) is 13.7. The van der Waals surface area contributed by atoms with Gasteiger partial charge >= 0.3 is 0 Å². The van der Waals surface area contributed by atoms with Gasteiger partial charge < -0.3 is 14.8 Å². The van der Waals surface area contributed by atoms with Crippen LogP contribution in [0.25, 0.3) is 6.08 Å². The number of carbonyl (C=O) groups is 1. The summed E-state index contributed by atoms with van der Waals surface area (Å²) in [6, 6.07) is 11.4. The highest BCUT2D eigenvalue weighted by Crippen LogP contribution is 2.30. The standard InChI is InChI=1S/C16H15NO3S/c18-16(8-7-13-4-3-9-21-13)17-10-12-11-19-14-5-1-2-6-15(14)20-12/h1-9,12H,10-11H2,(H,17,18)/b8-7+. The number of hydrogen-bond acceptors (Lipinski definition) is 4. The van der Waals surface area contributed by atoms with Crippen LogP contribution in [0.2, 0.25) is 0 Å². The molecule has 0 bridgehead atoms. The number of thiophene rings is 1. The van der Waals surface area contributed by atoms with E-state index in [1.54, 1.807) is 17.4 Å². The van der Waals surface area contributed by atoms with E-state index in [0.717, 1.165) is 16.4 Å². The zero-order valence-electron chi connectivity index (χ0n) is 11.3. The van der Waals surface area contributed by atoms with Crippen molar-refractivity contribution in [1.29, 1.82) is 0 Å². The highest BCUT2D eigenvalue weighted by Gasteiger charge is 2.20. The lowest BCUT2D eigenvalue weighted by atomic mass is 10.2. The third kappa shape index (κ3) is 3.64. The number of amides is 1. The maximum Gasteiger partial charge on any atom is 0.244 e. The Bertz CT molecular complexity index is 637. The number of ether oxygens (including phenoxy) is 2. The molecule has 1 aliphatic heterocycles. The first-order valence-electron chi connectivity index (χ1n) is 6.69. The van der Waals surface area contributed by atoms with Crippen molar-refractivity contribution in [2.75, 3.05) is 13.2 Å². The van der Waals surface area contributed by atoms with E-state index in [1.807, 2.05) is 41.8 Å². The van der Waals surface area contributed by atoms with Crippen LogP contribution in [-0.2, 0) is 4.79 Å². The van der Waals surface area contributed by atoms with Crippen LogP contribution >= 0.6 is 11.3 Å². The van der Waals surface area contributed by atoms with Crippen molar-refractivity contribution >= 4 is 23.3 Å². The molecule has 1 aromatic carbocycles. The molecule has 1 aliphatic rings. The van der Waals surface area contributed by atoms with Crippen LogP contribution < -0.4 is 14.8 Å². The topological polar surface area (TPSA) is 47.6 Å². The summed E-state index contributed by atoms with van der Waals surface area (Å²) < 4.78 is 11.4. The third-order valence-electron chi connectivity index (χ3n) is 3.01. The second-order valence-electron chi connectivity index (χ2n) is 4.59. The molecule has 2 heterocycles. The summed E-state index contributed by atoms with van der Waals surface area (Å²) in [5, 5.41) is 4.79. The fourth-order valence-electron chi connectivity index (χ4n) is 1.98. The number of hydrogen-bond donors (Lipinski definition) is 1. The van der Waals surface area contributed by atoms with Crippen molar-refractivity contribution in [2.45, 2.75) is 6.10 Å². The van der Waals surface area contributed by atoms with Crippen LogP contribution in [0, 0.1) is 0 Å². The lowest BCUT2D eigenvalue weighted by Crippen LogP contribution is -2.40. The molecule has 1 aromatic heterocycles. The second kappa shape index (κ2) is 6.45. The van der Waals surface area contributed by atoms with Crippen molar-refractivity contribution in [3.8, 4) is 11.5 Å². The lowest BCUT2D eigenvalue weighted by Gasteiger charge is -2.26. The third-order valence-corrected chi connectivity index (χ3v) is 3.85. The molecular weight excluding hydrogens is 286 g/mol. The summed E-state index contributed by atoms with van der Waals surface area (Å²) in [5.41, 5.74) is 0. The molecule has 5 heteroatoms. The minimum atomic E-state index is -0.168. The number of nitrogens with one attached hydrogen (secondary N) is 1. The normalized spacial score (nSPS) is 16.9. The van der Waals surface area contributed by atoms with E-state index in [0.29, 0.717) is 13.2 Å². The van der Waals surface area contributed by atoms with Gasteiger partial charge in [0.05, 0.1) is 6.54 Å². The van der Waals surface area contributed by atoms with Gasteiger partial charge in [-0.25, -0.2) is 0 Å². The molecule has 1 amide bonds. The van der Waals surface area contributed by atoms with E-state index in [2.05, 4.69) is 5.32 Å². The first-order chi connectivity index (χ1) is 10.3. The van der Waals surface area contributed by atoms with E-state index < -0.39 is 0 Å². The molecule has 0 saturated carbocycles. The Morgan fingerprint density at radius 3 is 2.95 bits per heavy atom. The Hall–Kier alpha value is -2.27. The number of fused-ring (bicyclic) bond motifs is 1. The van der Waals surface area contributed by atoms with Gasteiger partial charge in [0.15, 0.2) is 11.5 Å². The minimum Gasteiger partial charge on any atom is -0.486 e. The number of carbonyl (C=O) groups excluding carboxylic acids is 1. The van der Waals surface area contributed by atoms with Crippen LogP contribution in [0.3, 0.4) is 0 Å². The average Bonchev–Trinajstić information content (AvgIpc) is 3.04. The summed E-state index contributed by atoms with van der Waals surface area (Å²) >= 11 is 1.59. The van der Waals surface area contributed by atoms with Gasteiger partial charge in [0, 0.05) is 11.0 Å². The van der Waals surface area contributed by atoms with Crippen molar-refractivity contribution in [3.63, 3.8) is 0 Å². The Morgan fingerprint density at radius 1 is 1.29 bits per heavy atom. The number of rotatable bonds is 4. The second-order valence-corrected chi connectivity index (χ2v) is 5.57. The molecule has 2 aromatic rings. The van der Waals surface area contributed by atoms with Gasteiger partial charge in [-0.2, -0.15) is 0 Å². The van der Waals surface area contributed by atoms with Crippen molar-refractivity contribution < 1.29 is 14.3 Å². The SMILES string of the molecule is O=C(/C=C/c1cccs1)NCC1COc2ccccc2O1.